The zero-order valence-electron chi connectivity index (χ0n) is 11.4. The van der Waals surface area contributed by atoms with Crippen LogP contribution in [0.15, 0.2) is 17.0 Å². The summed E-state index contributed by atoms with van der Waals surface area (Å²) in [5, 5.41) is 9.42. The van der Waals surface area contributed by atoms with E-state index in [0.29, 0.717) is 16.9 Å². The predicted molar refractivity (Wildman–Crippen MR) is 85.7 cm³/mol. The van der Waals surface area contributed by atoms with Gasteiger partial charge < -0.3 is 5.11 Å². The maximum Gasteiger partial charge on any atom is 0.293 e. The number of carbonyl (C=O) groups is 2. The first-order valence-corrected chi connectivity index (χ1v) is 7.87. The van der Waals surface area contributed by atoms with Crippen LogP contribution in [0.25, 0.3) is 6.08 Å². The molecule has 1 fully saturated rings. The van der Waals surface area contributed by atoms with Crippen LogP contribution < -0.4 is 0 Å². The summed E-state index contributed by atoms with van der Waals surface area (Å²) in [6, 6.07) is 2.83. The molecule has 4 nitrogen and oxygen atoms in total. The summed E-state index contributed by atoms with van der Waals surface area (Å²) < 4.78 is 0. The highest BCUT2D eigenvalue weighted by Crippen LogP contribution is 2.37. The van der Waals surface area contributed by atoms with Crippen molar-refractivity contribution in [3.63, 3.8) is 0 Å². The van der Waals surface area contributed by atoms with Crippen LogP contribution in [0.1, 0.15) is 25.8 Å². The molecule has 1 aliphatic rings. The van der Waals surface area contributed by atoms with Crippen LogP contribution in [0.4, 0.5) is 4.79 Å². The van der Waals surface area contributed by atoms with Crippen LogP contribution >= 0.6 is 35.0 Å². The number of thioether (sulfide) groups is 1. The average Bonchev–Trinajstić information content (AvgIpc) is 2.70. The van der Waals surface area contributed by atoms with Gasteiger partial charge in [-0.05, 0) is 48.9 Å². The van der Waals surface area contributed by atoms with Crippen LogP contribution in [0.2, 0.25) is 10.0 Å². The predicted octanol–water partition coefficient (Wildman–Crippen LogP) is 4.53. The molecule has 0 spiro atoms. The minimum Gasteiger partial charge on any atom is -0.505 e. The zero-order chi connectivity index (χ0) is 15.7. The van der Waals surface area contributed by atoms with Gasteiger partial charge in [0.15, 0.2) is 5.75 Å². The molecule has 2 rings (SSSR count). The fraction of sp³-hybridized carbons (Fsp3) is 0.286. The molecule has 1 unspecified atom stereocenters. The van der Waals surface area contributed by atoms with Gasteiger partial charge in [0.25, 0.3) is 11.1 Å². The van der Waals surface area contributed by atoms with Crippen LogP contribution in [0.5, 0.6) is 5.75 Å². The summed E-state index contributed by atoms with van der Waals surface area (Å²) in [4.78, 5) is 25.7. The smallest absolute Gasteiger partial charge is 0.293 e. The lowest BCUT2D eigenvalue weighted by Crippen LogP contribution is -2.36. The Morgan fingerprint density at radius 1 is 1.33 bits per heavy atom. The molecule has 1 N–H and O–H groups in total. The van der Waals surface area contributed by atoms with E-state index in [-0.39, 0.29) is 33.0 Å². The first-order chi connectivity index (χ1) is 9.85. The Hall–Kier alpha value is -1.17. The van der Waals surface area contributed by atoms with E-state index >= 15 is 0 Å². The minimum atomic E-state index is -0.320. The number of hydrogen-bond acceptors (Lipinski definition) is 4. The molecular weight excluding hydrogens is 333 g/mol. The van der Waals surface area contributed by atoms with Gasteiger partial charge in [-0.25, -0.2) is 0 Å². The Bertz CT molecular complexity index is 622. The normalized spacial score (nSPS) is 18.7. The van der Waals surface area contributed by atoms with Crippen LogP contribution in [-0.4, -0.2) is 27.2 Å². The van der Waals surface area contributed by atoms with E-state index in [2.05, 4.69) is 0 Å². The largest absolute Gasteiger partial charge is 0.505 e. The quantitative estimate of drug-likeness (QED) is 0.817. The fourth-order valence-corrected chi connectivity index (χ4v) is 3.30. The molecule has 1 aliphatic heterocycles. The van der Waals surface area contributed by atoms with Crippen molar-refractivity contribution < 1.29 is 14.7 Å². The van der Waals surface area contributed by atoms with Crippen molar-refractivity contribution in [3.8, 4) is 5.75 Å². The molecule has 21 heavy (non-hydrogen) atoms. The van der Waals surface area contributed by atoms with Gasteiger partial charge in [0.1, 0.15) is 0 Å². The number of halogens is 2. The molecule has 2 amide bonds. The van der Waals surface area contributed by atoms with Gasteiger partial charge in [-0.15, -0.1) is 0 Å². The molecule has 0 radical (unpaired) electrons. The standard InChI is InChI=1S/C14H13Cl2NO3S/c1-3-7(2)17-13(19)11(21-14(17)20)6-8-4-9(15)12(18)10(16)5-8/h4-7,18H,3H2,1-2H3. The molecule has 0 bridgehead atoms. The van der Waals surface area contributed by atoms with Crippen LogP contribution in [-0.2, 0) is 4.79 Å². The molecule has 7 heteroatoms. The van der Waals surface area contributed by atoms with Gasteiger partial charge in [0.2, 0.25) is 0 Å². The number of phenolic OH excluding ortho intramolecular Hbond substituents is 1. The molecule has 112 valence electrons. The lowest BCUT2D eigenvalue weighted by Gasteiger charge is -2.19. The van der Waals surface area contributed by atoms with Crippen LogP contribution in [0.3, 0.4) is 0 Å². The highest BCUT2D eigenvalue weighted by molar-refractivity contribution is 8.18. The number of imide groups is 1. The third kappa shape index (κ3) is 3.20. The van der Waals surface area contributed by atoms with Crippen LogP contribution in [0, 0.1) is 0 Å². The molecular formula is C14H13Cl2NO3S. The lowest BCUT2D eigenvalue weighted by molar-refractivity contribution is -0.124. The van der Waals surface area contributed by atoms with Gasteiger partial charge in [0.05, 0.1) is 15.0 Å². The number of carbonyl (C=O) groups excluding carboxylic acids is 2. The first kappa shape index (κ1) is 16.2. The van der Waals surface area contributed by atoms with Crippen molar-refractivity contribution in [3.05, 3.63) is 32.6 Å². The van der Waals surface area contributed by atoms with Crippen molar-refractivity contribution in [2.75, 3.05) is 0 Å². The maximum atomic E-state index is 12.3. The first-order valence-electron chi connectivity index (χ1n) is 6.30. The number of nitrogens with zero attached hydrogens (tertiary/aromatic N) is 1. The molecule has 1 atom stereocenters. The Kier molecular flexibility index (Phi) is 4.86. The van der Waals surface area contributed by atoms with E-state index in [1.54, 1.807) is 6.08 Å². The van der Waals surface area contributed by atoms with Crippen molar-refractivity contribution in [2.24, 2.45) is 0 Å². The summed E-state index contributed by atoms with van der Waals surface area (Å²) >= 11 is 12.6. The lowest BCUT2D eigenvalue weighted by atomic mass is 10.2. The number of aromatic hydroxyl groups is 1. The second-order valence-corrected chi connectivity index (χ2v) is 6.45. The summed E-state index contributed by atoms with van der Waals surface area (Å²) in [5.74, 6) is -0.525. The van der Waals surface area contributed by atoms with Crippen molar-refractivity contribution in [1.29, 1.82) is 0 Å². The molecule has 0 saturated carbocycles. The maximum absolute atomic E-state index is 12.3. The highest BCUT2D eigenvalue weighted by atomic mass is 35.5. The van der Waals surface area contributed by atoms with E-state index in [9.17, 15) is 14.7 Å². The van der Waals surface area contributed by atoms with Gasteiger partial charge in [-0.1, -0.05) is 30.1 Å². The van der Waals surface area contributed by atoms with E-state index < -0.39 is 0 Å². The summed E-state index contributed by atoms with van der Waals surface area (Å²) in [6.07, 6.45) is 2.24. The SMILES string of the molecule is CCC(C)N1C(=O)SC(=Cc2cc(Cl)c(O)c(Cl)c2)C1=O. The second kappa shape index (κ2) is 6.30. The Morgan fingerprint density at radius 2 is 1.90 bits per heavy atom. The third-order valence-electron chi connectivity index (χ3n) is 3.19. The third-order valence-corrected chi connectivity index (χ3v) is 4.65. The zero-order valence-corrected chi connectivity index (χ0v) is 13.7. The average molecular weight is 346 g/mol. The van der Waals surface area contributed by atoms with Crippen molar-refractivity contribution in [2.45, 2.75) is 26.3 Å². The molecule has 1 aromatic carbocycles. The van der Waals surface area contributed by atoms with Gasteiger partial charge >= 0.3 is 0 Å². The van der Waals surface area contributed by atoms with E-state index in [1.165, 1.54) is 17.0 Å². The summed E-state index contributed by atoms with van der Waals surface area (Å²) in [6.45, 7) is 3.74. The number of amides is 2. The number of hydrogen-bond donors (Lipinski definition) is 1. The van der Waals surface area contributed by atoms with Gasteiger partial charge in [0, 0.05) is 6.04 Å². The number of rotatable bonds is 3. The van der Waals surface area contributed by atoms with Gasteiger partial charge in [-0.2, -0.15) is 0 Å². The Morgan fingerprint density at radius 3 is 2.43 bits per heavy atom. The Balaban J connectivity index is 2.35. The van der Waals surface area contributed by atoms with Gasteiger partial charge in [-0.3, -0.25) is 14.5 Å². The summed E-state index contributed by atoms with van der Waals surface area (Å²) in [5.41, 5.74) is 0.553. The van der Waals surface area contributed by atoms with E-state index in [4.69, 9.17) is 23.2 Å². The molecule has 1 aromatic rings. The highest BCUT2D eigenvalue weighted by Gasteiger charge is 2.37. The fourth-order valence-electron chi connectivity index (χ4n) is 1.86. The van der Waals surface area contributed by atoms with E-state index in [1.807, 2.05) is 13.8 Å². The Labute approximate surface area is 136 Å². The molecule has 0 aromatic heterocycles. The van der Waals surface area contributed by atoms with Crippen molar-refractivity contribution >= 4 is 52.2 Å². The molecule has 0 aliphatic carbocycles. The van der Waals surface area contributed by atoms with Crippen molar-refractivity contribution in [1.82, 2.24) is 4.90 Å². The second-order valence-electron chi connectivity index (χ2n) is 4.64. The topological polar surface area (TPSA) is 57.6 Å². The molecule has 1 heterocycles. The van der Waals surface area contributed by atoms with E-state index in [0.717, 1.165) is 11.8 Å². The summed E-state index contributed by atoms with van der Waals surface area (Å²) in [7, 11) is 0. The minimum absolute atomic E-state index is 0.0925. The number of phenols is 1. The molecule has 1 saturated heterocycles. The number of benzene rings is 1. The monoisotopic (exact) mass is 345 g/mol.